The number of aryl methyl sites for hydroxylation is 2. The number of piperazine rings is 1. The predicted molar refractivity (Wildman–Crippen MR) is 115 cm³/mol. The fourth-order valence-electron chi connectivity index (χ4n) is 4.53. The van der Waals surface area contributed by atoms with E-state index in [-0.39, 0.29) is 24.4 Å². The van der Waals surface area contributed by atoms with Crippen LogP contribution in [-0.2, 0) is 4.79 Å². The SMILES string of the molecule is Cc1ccc(C)c(C(C)NC(=O)CN2CCN(C3CCCCC3)CC2)c1.Cl. The van der Waals surface area contributed by atoms with Crippen molar-refractivity contribution in [1.82, 2.24) is 15.1 Å². The third kappa shape index (κ3) is 6.20. The Labute approximate surface area is 171 Å². The molecule has 1 heterocycles. The first-order valence-corrected chi connectivity index (χ1v) is 10.4. The zero-order valence-electron chi connectivity index (χ0n) is 17.2. The molecule has 0 radical (unpaired) electrons. The van der Waals surface area contributed by atoms with E-state index >= 15 is 0 Å². The van der Waals surface area contributed by atoms with Gasteiger partial charge in [-0.3, -0.25) is 14.6 Å². The molecule has 2 fully saturated rings. The number of hydrogen-bond acceptors (Lipinski definition) is 3. The van der Waals surface area contributed by atoms with Gasteiger partial charge in [-0.05, 0) is 44.7 Å². The van der Waals surface area contributed by atoms with E-state index in [1.165, 1.54) is 48.8 Å². The second-order valence-electron chi connectivity index (χ2n) is 8.25. The van der Waals surface area contributed by atoms with Gasteiger partial charge in [0.15, 0.2) is 0 Å². The smallest absolute Gasteiger partial charge is 0.234 e. The average Bonchev–Trinajstić information content (AvgIpc) is 2.65. The van der Waals surface area contributed by atoms with Gasteiger partial charge in [-0.25, -0.2) is 0 Å². The van der Waals surface area contributed by atoms with Gasteiger partial charge in [0, 0.05) is 32.2 Å². The number of carbonyl (C=O) groups is 1. The zero-order valence-corrected chi connectivity index (χ0v) is 18.0. The lowest BCUT2D eigenvalue weighted by Crippen LogP contribution is -2.52. The molecule has 4 nitrogen and oxygen atoms in total. The van der Waals surface area contributed by atoms with Crippen molar-refractivity contribution < 1.29 is 4.79 Å². The van der Waals surface area contributed by atoms with Crippen LogP contribution in [-0.4, -0.2) is 54.5 Å². The maximum absolute atomic E-state index is 12.5. The minimum Gasteiger partial charge on any atom is -0.348 e. The Balaban J connectivity index is 0.00000261. The summed E-state index contributed by atoms with van der Waals surface area (Å²) in [5, 5.41) is 3.19. The number of hydrogen-bond donors (Lipinski definition) is 1. The van der Waals surface area contributed by atoms with E-state index in [1.54, 1.807) is 0 Å². The first-order chi connectivity index (χ1) is 12.5. The lowest BCUT2D eigenvalue weighted by molar-refractivity contribution is -0.123. The molecule has 5 heteroatoms. The Morgan fingerprint density at radius 3 is 2.44 bits per heavy atom. The van der Waals surface area contributed by atoms with Gasteiger partial charge in [-0.2, -0.15) is 0 Å². The molecule has 1 unspecified atom stereocenters. The van der Waals surface area contributed by atoms with Crippen LogP contribution >= 0.6 is 12.4 Å². The summed E-state index contributed by atoms with van der Waals surface area (Å²) in [4.78, 5) is 17.5. The van der Waals surface area contributed by atoms with Gasteiger partial charge in [0.1, 0.15) is 0 Å². The molecule has 27 heavy (non-hydrogen) atoms. The molecule has 1 aromatic carbocycles. The van der Waals surface area contributed by atoms with E-state index < -0.39 is 0 Å². The molecule has 1 aromatic rings. The summed E-state index contributed by atoms with van der Waals surface area (Å²) < 4.78 is 0. The molecule has 1 N–H and O–H groups in total. The number of carbonyl (C=O) groups excluding carboxylic acids is 1. The van der Waals surface area contributed by atoms with Gasteiger partial charge in [-0.15, -0.1) is 12.4 Å². The van der Waals surface area contributed by atoms with Gasteiger partial charge in [0.05, 0.1) is 12.6 Å². The summed E-state index contributed by atoms with van der Waals surface area (Å²) in [6.07, 6.45) is 6.93. The van der Waals surface area contributed by atoms with Crippen LogP contribution in [0.1, 0.15) is 61.8 Å². The van der Waals surface area contributed by atoms with Crippen LogP contribution in [0.4, 0.5) is 0 Å². The maximum Gasteiger partial charge on any atom is 0.234 e. The monoisotopic (exact) mass is 393 g/mol. The largest absolute Gasteiger partial charge is 0.348 e. The summed E-state index contributed by atoms with van der Waals surface area (Å²) >= 11 is 0. The van der Waals surface area contributed by atoms with E-state index in [9.17, 15) is 4.79 Å². The van der Waals surface area contributed by atoms with Crippen molar-refractivity contribution in [3.05, 3.63) is 34.9 Å². The van der Waals surface area contributed by atoms with Crippen molar-refractivity contribution in [3.8, 4) is 0 Å². The fraction of sp³-hybridized carbons (Fsp3) is 0.682. The molecule has 0 spiro atoms. The molecule has 3 rings (SSSR count). The van der Waals surface area contributed by atoms with Crippen molar-refractivity contribution >= 4 is 18.3 Å². The molecule has 1 amide bonds. The van der Waals surface area contributed by atoms with Crippen molar-refractivity contribution in [2.75, 3.05) is 32.7 Å². The molecule has 1 saturated carbocycles. The van der Waals surface area contributed by atoms with E-state index in [0.717, 1.165) is 32.2 Å². The third-order valence-electron chi connectivity index (χ3n) is 6.14. The number of nitrogens with zero attached hydrogens (tertiary/aromatic N) is 2. The molecule has 0 aromatic heterocycles. The summed E-state index contributed by atoms with van der Waals surface area (Å²) in [6, 6.07) is 7.30. The summed E-state index contributed by atoms with van der Waals surface area (Å²) in [6.45, 7) is 11.1. The van der Waals surface area contributed by atoms with Crippen molar-refractivity contribution in [3.63, 3.8) is 0 Å². The van der Waals surface area contributed by atoms with Gasteiger partial charge < -0.3 is 5.32 Å². The van der Waals surface area contributed by atoms with Crippen LogP contribution in [0, 0.1) is 13.8 Å². The van der Waals surface area contributed by atoms with E-state index in [0.29, 0.717) is 6.54 Å². The minimum absolute atomic E-state index is 0. The minimum atomic E-state index is 0. The van der Waals surface area contributed by atoms with Gasteiger partial charge in [0.2, 0.25) is 5.91 Å². The Bertz CT molecular complexity index is 608. The molecular weight excluding hydrogens is 358 g/mol. The van der Waals surface area contributed by atoms with Crippen molar-refractivity contribution in [2.24, 2.45) is 0 Å². The molecule has 0 bridgehead atoms. The van der Waals surface area contributed by atoms with Crippen molar-refractivity contribution in [2.45, 2.75) is 65.0 Å². The topological polar surface area (TPSA) is 35.6 Å². The van der Waals surface area contributed by atoms with Gasteiger partial charge in [-0.1, -0.05) is 43.0 Å². The Kier molecular flexibility index (Phi) is 8.59. The van der Waals surface area contributed by atoms with Crippen LogP contribution in [0.15, 0.2) is 18.2 Å². The fourth-order valence-corrected chi connectivity index (χ4v) is 4.53. The van der Waals surface area contributed by atoms with E-state index in [2.05, 4.69) is 54.1 Å². The van der Waals surface area contributed by atoms with Crippen molar-refractivity contribution in [1.29, 1.82) is 0 Å². The zero-order chi connectivity index (χ0) is 18.5. The molecule has 2 aliphatic rings. The quantitative estimate of drug-likeness (QED) is 0.825. The van der Waals surface area contributed by atoms with Crippen LogP contribution in [0.25, 0.3) is 0 Å². The summed E-state index contributed by atoms with van der Waals surface area (Å²) in [5.41, 5.74) is 3.70. The Hall–Kier alpha value is -1.10. The van der Waals surface area contributed by atoms with E-state index in [4.69, 9.17) is 0 Å². The molecule has 1 saturated heterocycles. The highest BCUT2D eigenvalue weighted by molar-refractivity contribution is 5.85. The molecule has 1 aliphatic carbocycles. The first-order valence-electron chi connectivity index (χ1n) is 10.4. The third-order valence-corrected chi connectivity index (χ3v) is 6.14. The first kappa shape index (κ1) is 22.2. The standard InChI is InChI=1S/C22H35N3O.ClH/c1-17-9-10-18(2)21(15-17)19(3)23-22(26)16-24-11-13-25(14-12-24)20-7-5-4-6-8-20;/h9-10,15,19-20H,4-8,11-14,16H2,1-3H3,(H,23,26);1H. The lowest BCUT2D eigenvalue weighted by Gasteiger charge is -2.40. The molecular formula is C22H36ClN3O. The number of rotatable bonds is 5. The highest BCUT2D eigenvalue weighted by Crippen LogP contribution is 2.23. The van der Waals surface area contributed by atoms with Crippen LogP contribution in [0.2, 0.25) is 0 Å². The van der Waals surface area contributed by atoms with Crippen LogP contribution in [0.3, 0.4) is 0 Å². The van der Waals surface area contributed by atoms with E-state index in [1.807, 2.05) is 0 Å². The number of amides is 1. The van der Waals surface area contributed by atoms with Crippen LogP contribution < -0.4 is 5.32 Å². The predicted octanol–water partition coefficient (Wildman–Crippen LogP) is 3.85. The summed E-state index contributed by atoms with van der Waals surface area (Å²) in [5.74, 6) is 0.143. The normalized spacial score (nSPS) is 20.7. The Morgan fingerprint density at radius 2 is 1.78 bits per heavy atom. The number of benzene rings is 1. The second kappa shape index (κ2) is 10.4. The highest BCUT2D eigenvalue weighted by atomic mass is 35.5. The summed E-state index contributed by atoms with van der Waals surface area (Å²) in [7, 11) is 0. The second-order valence-corrected chi connectivity index (χ2v) is 8.25. The maximum atomic E-state index is 12.5. The number of nitrogens with one attached hydrogen (secondary N) is 1. The van der Waals surface area contributed by atoms with Gasteiger partial charge >= 0.3 is 0 Å². The highest BCUT2D eigenvalue weighted by Gasteiger charge is 2.26. The molecule has 1 aliphatic heterocycles. The lowest BCUT2D eigenvalue weighted by atomic mass is 9.94. The Morgan fingerprint density at radius 1 is 1.11 bits per heavy atom. The average molecular weight is 394 g/mol. The van der Waals surface area contributed by atoms with Gasteiger partial charge in [0.25, 0.3) is 0 Å². The van der Waals surface area contributed by atoms with Crippen LogP contribution in [0.5, 0.6) is 0 Å². The molecule has 152 valence electrons. The molecule has 1 atom stereocenters. The number of halogens is 1.